The molecule has 230 valence electrons. The van der Waals surface area contributed by atoms with Crippen molar-refractivity contribution in [3.63, 3.8) is 0 Å². The van der Waals surface area contributed by atoms with Crippen molar-refractivity contribution < 1.29 is 33.7 Å². The van der Waals surface area contributed by atoms with E-state index < -0.39 is 0 Å². The highest BCUT2D eigenvalue weighted by molar-refractivity contribution is 6.04. The molecule has 0 aliphatic heterocycles. The van der Waals surface area contributed by atoms with Crippen LogP contribution in [-0.4, -0.2) is 69.0 Å². The van der Waals surface area contributed by atoms with Gasteiger partial charge in [0.15, 0.2) is 5.78 Å². The smallest absolute Gasteiger partial charge is 0.302 e. The fourth-order valence-corrected chi connectivity index (χ4v) is 5.26. The molecule has 0 fully saturated rings. The van der Waals surface area contributed by atoms with E-state index in [1.54, 1.807) is 0 Å². The number of nitrogens with one attached hydrogen (secondary N) is 1. The summed E-state index contributed by atoms with van der Waals surface area (Å²) >= 11 is 0. The fourth-order valence-electron chi connectivity index (χ4n) is 5.26. The molecule has 1 unspecified atom stereocenters. The number of aliphatic hydroxyl groups is 1. The molecular formula is C34H47NO7. The summed E-state index contributed by atoms with van der Waals surface area (Å²) in [5.41, 5.74) is 5.75. The molecule has 2 aromatic rings. The van der Waals surface area contributed by atoms with Crippen LogP contribution < -0.4 is 5.32 Å². The average Bonchev–Trinajstić information content (AvgIpc) is 3.30. The summed E-state index contributed by atoms with van der Waals surface area (Å²) in [5.74, 6) is -0.406. The summed E-state index contributed by atoms with van der Waals surface area (Å²) in [5, 5.41) is 11.8. The largest absolute Gasteiger partial charge is 0.465 e. The summed E-state index contributed by atoms with van der Waals surface area (Å²) in [4.78, 5) is 37.3. The highest BCUT2D eigenvalue weighted by Gasteiger charge is 2.32. The number of rotatable bonds is 21. The Morgan fingerprint density at radius 1 is 0.881 bits per heavy atom. The number of benzene rings is 2. The predicted molar refractivity (Wildman–Crippen MR) is 163 cm³/mol. The monoisotopic (exact) mass is 581 g/mol. The second-order valence-corrected chi connectivity index (χ2v) is 10.8. The van der Waals surface area contributed by atoms with Crippen LogP contribution in [0.2, 0.25) is 0 Å². The van der Waals surface area contributed by atoms with Gasteiger partial charge in [0.05, 0.1) is 6.61 Å². The zero-order chi connectivity index (χ0) is 30.2. The summed E-state index contributed by atoms with van der Waals surface area (Å²) < 4.78 is 16.6. The molecule has 1 aliphatic carbocycles. The fraction of sp³-hybridized carbons (Fsp3) is 0.559. The van der Waals surface area contributed by atoms with Gasteiger partial charge in [-0.25, -0.2) is 0 Å². The normalized spacial score (nSPS) is 13.5. The maximum absolute atomic E-state index is 13.3. The first-order valence-electron chi connectivity index (χ1n) is 15.4. The Kier molecular flexibility index (Phi) is 14.7. The molecule has 2 aromatic carbocycles. The van der Waals surface area contributed by atoms with Crippen LogP contribution in [0.25, 0.3) is 11.1 Å². The Labute approximate surface area is 250 Å². The lowest BCUT2D eigenvalue weighted by molar-refractivity contribution is -0.141. The number of amides is 1. The van der Waals surface area contributed by atoms with Crippen LogP contribution in [0.1, 0.15) is 98.2 Å². The number of ketones is 1. The molecule has 0 saturated carbocycles. The summed E-state index contributed by atoms with van der Waals surface area (Å²) in [6.07, 6.45) is 6.55. The first-order chi connectivity index (χ1) is 20.5. The van der Waals surface area contributed by atoms with Gasteiger partial charge in [-0.05, 0) is 66.3 Å². The topological polar surface area (TPSA) is 111 Å². The van der Waals surface area contributed by atoms with E-state index in [2.05, 4.69) is 30.4 Å². The number of carbonyl (C=O) groups is 3. The van der Waals surface area contributed by atoms with E-state index in [1.165, 1.54) is 6.92 Å². The highest BCUT2D eigenvalue weighted by Crippen LogP contribution is 2.47. The zero-order valence-electron chi connectivity index (χ0n) is 25.3. The molecular weight excluding hydrogens is 534 g/mol. The number of unbranched alkanes of at least 4 members (excludes halogenated alkanes) is 2. The number of Topliss-reactive ketones (excluding diaryl/α,β-unsaturated/α-hetero) is 1. The van der Waals surface area contributed by atoms with Crippen molar-refractivity contribution in [1.29, 1.82) is 0 Å². The van der Waals surface area contributed by atoms with Crippen molar-refractivity contribution in [1.82, 2.24) is 5.32 Å². The second kappa shape index (κ2) is 18.5. The Morgan fingerprint density at radius 2 is 1.67 bits per heavy atom. The third kappa shape index (κ3) is 10.3. The van der Waals surface area contributed by atoms with Gasteiger partial charge < -0.3 is 24.6 Å². The first kappa shape index (κ1) is 33.4. The molecule has 8 nitrogen and oxygen atoms in total. The molecule has 0 bridgehead atoms. The van der Waals surface area contributed by atoms with Gasteiger partial charge in [-0.15, -0.1) is 0 Å². The molecule has 0 heterocycles. The van der Waals surface area contributed by atoms with E-state index in [-0.39, 0.29) is 36.8 Å². The quantitative estimate of drug-likeness (QED) is 0.116. The highest BCUT2D eigenvalue weighted by atomic mass is 16.5. The molecule has 1 atom stereocenters. The first-order valence-corrected chi connectivity index (χ1v) is 15.4. The lowest BCUT2D eigenvalue weighted by Crippen LogP contribution is -2.27. The van der Waals surface area contributed by atoms with Gasteiger partial charge >= 0.3 is 5.97 Å². The van der Waals surface area contributed by atoms with Gasteiger partial charge in [-0.3, -0.25) is 14.4 Å². The van der Waals surface area contributed by atoms with Gasteiger partial charge in [0, 0.05) is 64.2 Å². The number of carbonyl (C=O) groups excluding carboxylic acids is 3. The van der Waals surface area contributed by atoms with Gasteiger partial charge in [0.1, 0.15) is 6.61 Å². The molecule has 1 amide bonds. The second-order valence-electron chi connectivity index (χ2n) is 10.8. The van der Waals surface area contributed by atoms with Crippen molar-refractivity contribution in [2.75, 3.05) is 46.2 Å². The number of hydrogen-bond donors (Lipinski definition) is 2. The predicted octanol–water partition coefficient (Wildman–Crippen LogP) is 5.37. The van der Waals surface area contributed by atoms with Gasteiger partial charge in [-0.2, -0.15) is 0 Å². The lowest BCUT2D eigenvalue weighted by Gasteiger charge is -2.14. The summed E-state index contributed by atoms with van der Waals surface area (Å²) in [6.45, 7) is 6.77. The van der Waals surface area contributed by atoms with E-state index in [0.29, 0.717) is 57.6 Å². The van der Waals surface area contributed by atoms with Crippen molar-refractivity contribution >= 4 is 17.7 Å². The van der Waals surface area contributed by atoms with Crippen LogP contribution in [0.5, 0.6) is 0 Å². The zero-order valence-corrected chi connectivity index (χ0v) is 25.3. The Hall–Kier alpha value is -3.07. The van der Waals surface area contributed by atoms with Gasteiger partial charge in [0.25, 0.3) is 0 Å². The summed E-state index contributed by atoms with van der Waals surface area (Å²) in [6, 6.07) is 12.1. The molecule has 0 spiro atoms. The molecule has 2 N–H and O–H groups in total. The molecule has 0 aromatic heterocycles. The average molecular weight is 582 g/mol. The number of esters is 1. The minimum atomic E-state index is -0.339. The standard InChI is InChI=1S/C34H47NO7/c1-3-4-19-41-22-17-35-33(39)14-7-10-26-15-16-28-30(23-26)31(24-42-25(2)37)27-11-8-12-29(34(27)28)32(38)13-9-21-40-20-6-5-18-36/h8,11-12,15-16,23,31,36H,3-7,9-10,13-14,17-22,24H2,1-2H3,(H,35,39). The number of fused-ring (bicyclic) bond motifs is 3. The molecule has 0 radical (unpaired) electrons. The van der Waals surface area contributed by atoms with Crippen molar-refractivity contribution in [2.24, 2.45) is 0 Å². The van der Waals surface area contributed by atoms with E-state index >= 15 is 0 Å². The van der Waals surface area contributed by atoms with E-state index in [1.807, 2.05) is 18.2 Å². The molecule has 42 heavy (non-hydrogen) atoms. The number of aryl methyl sites for hydroxylation is 1. The number of aliphatic hydroxyl groups excluding tert-OH is 1. The minimum Gasteiger partial charge on any atom is -0.465 e. The minimum absolute atomic E-state index is 0.0223. The van der Waals surface area contributed by atoms with Crippen LogP contribution >= 0.6 is 0 Å². The Morgan fingerprint density at radius 3 is 2.45 bits per heavy atom. The van der Waals surface area contributed by atoms with Crippen molar-refractivity contribution in [3.05, 3.63) is 58.7 Å². The maximum atomic E-state index is 13.3. The van der Waals surface area contributed by atoms with Gasteiger partial charge in [-0.1, -0.05) is 49.7 Å². The summed E-state index contributed by atoms with van der Waals surface area (Å²) in [7, 11) is 0. The SMILES string of the molecule is CCCCOCCNC(=O)CCCc1ccc2c(c1)C(COC(C)=O)c1cccc(C(=O)CCCOCCCCO)c1-2. The Balaban J connectivity index is 1.64. The van der Waals surface area contributed by atoms with Crippen LogP contribution in [0.15, 0.2) is 36.4 Å². The van der Waals surface area contributed by atoms with Crippen molar-refractivity contribution in [2.45, 2.75) is 77.6 Å². The third-order valence-corrected chi connectivity index (χ3v) is 7.46. The van der Waals surface area contributed by atoms with Gasteiger partial charge in [0.2, 0.25) is 5.91 Å². The van der Waals surface area contributed by atoms with E-state index in [9.17, 15) is 14.4 Å². The van der Waals surface area contributed by atoms with Crippen LogP contribution in [0, 0.1) is 0 Å². The van der Waals surface area contributed by atoms with Crippen LogP contribution in [-0.2, 0) is 30.2 Å². The molecule has 8 heteroatoms. The lowest BCUT2D eigenvalue weighted by atomic mass is 9.93. The van der Waals surface area contributed by atoms with E-state index in [4.69, 9.17) is 19.3 Å². The maximum Gasteiger partial charge on any atom is 0.302 e. The third-order valence-electron chi connectivity index (χ3n) is 7.46. The molecule has 3 rings (SSSR count). The van der Waals surface area contributed by atoms with Crippen LogP contribution in [0.4, 0.5) is 0 Å². The number of ether oxygens (including phenoxy) is 3. The number of hydrogen-bond acceptors (Lipinski definition) is 7. The van der Waals surface area contributed by atoms with E-state index in [0.717, 1.165) is 66.5 Å². The Bertz CT molecular complexity index is 1160. The molecule has 1 aliphatic rings. The van der Waals surface area contributed by atoms with Crippen LogP contribution in [0.3, 0.4) is 0 Å². The van der Waals surface area contributed by atoms with Crippen molar-refractivity contribution in [3.8, 4) is 11.1 Å². The molecule has 0 saturated heterocycles.